The normalized spacial score (nSPS) is 23.6. The van der Waals surface area contributed by atoms with Crippen LogP contribution in [0.1, 0.15) is 26.2 Å². The maximum Gasteiger partial charge on any atom is 0.329 e. The number of carboxylic acid groups (broad SMARTS) is 1. The number of aliphatic carboxylic acids is 1. The number of nitrogens with one attached hydrogen (secondary N) is 1. The number of hydrogen-bond acceptors (Lipinski definition) is 4. The highest BCUT2D eigenvalue weighted by atomic mass is 32.2. The van der Waals surface area contributed by atoms with Gasteiger partial charge in [-0.25, -0.2) is 4.79 Å². The molecule has 6 heteroatoms. The summed E-state index contributed by atoms with van der Waals surface area (Å²) in [5, 5.41) is 11.9. The highest BCUT2D eigenvalue weighted by molar-refractivity contribution is 7.99. The smallest absolute Gasteiger partial charge is 0.329 e. The van der Waals surface area contributed by atoms with E-state index in [0.29, 0.717) is 5.25 Å². The third kappa shape index (κ3) is 5.93. The molecule has 1 aliphatic carbocycles. The second kappa shape index (κ2) is 7.55. The second-order valence-corrected chi connectivity index (χ2v) is 5.62. The Morgan fingerprint density at radius 2 is 2.18 bits per heavy atom. The van der Waals surface area contributed by atoms with Gasteiger partial charge in [0.05, 0.1) is 0 Å². The van der Waals surface area contributed by atoms with Crippen molar-refractivity contribution < 1.29 is 19.4 Å². The van der Waals surface area contributed by atoms with Gasteiger partial charge < -0.3 is 15.2 Å². The molecular weight excluding hydrogens is 242 g/mol. The van der Waals surface area contributed by atoms with Crippen LogP contribution < -0.4 is 5.32 Å². The van der Waals surface area contributed by atoms with E-state index in [1.807, 2.05) is 11.8 Å². The van der Waals surface area contributed by atoms with E-state index in [1.165, 1.54) is 0 Å². The monoisotopic (exact) mass is 261 g/mol. The van der Waals surface area contributed by atoms with Crippen LogP contribution in [-0.4, -0.2) is 47.2 Å². The van der Waals surface area contributed by atoms with Gasteiger partial charge in [0.1, 0.15) is 13.2 Å². The van der Waals surface area contributed by atoms with Gasteiger partial charge in [-0.05, 0) is 25.0 Å². The molecule has 1 fully saturated rings. The number of ether oxygens (including phenoxy) is 1. The fraction of sp³-hybridized carbons (Fsp3) is 0.818. The van der Waals surface area contributed by atoms with Gasteiger partial charge in [-0.2, -0.15) is 11.8 Å². The Hall–Kier alpha value is -0.750. The maximum atomic E-state index is 11.4. The molecule has 98 valence electrons. The van der Waals surface area contributed by atoms with Crippen molar-refractivity contribution in [2.45, 2.75) is 37.5 Å². The van der Waals surface area contributed by atoms with E-state index >= 15 is 0 Å². The van der Waals surface area contributed by atoms with Gasteiger partial charge in [-0.1, -0.05) is 6.92 Å². The first kappa shape index (κ1) is 14.3. The first-order valence-corrected chi connectivity index (χ1v) is 6.87. The Balaban J connectivity index is 2.13. The van der Waals surface area contributed by atoms with Crippen LogP contribution in [0.15, 0.2) is 0 Å². The Bertz CT molecular complexity index is 272. The van der Waals surface area contributed by atoms with Crippen molar-refractivity contribution in [1.29, 1.82) is 0 Å². The summed E-state index contributed by atoms with van der Waals surface area (Å²) in [5.74, 6) is -0.177. The number of thioether (sulfide) groups is 1. The molecule has 0 heterocycles. The SMILES string of the molecule is CCSC1CCC(NC(=O)COCC(=O)O)C1. The Morgan fingerprint density at radius 3 is 2.82 bits per heavy atom. The van der Waals surface area contributed by atoms with Crippen LogP contribution in [-0.2, 0) is 14.3 Å². The van der Waals surface area contributed by atoms with Gasteiger partial charge in [0.2, 0.25) is 5.91 Å². The van der Waals surface area contributed by atoms with E-state index in [1.54, 1.807) is 0 Å². The van der Waals surface area contributed by atoms with Crippen molar-refractivity contribution in [1.82, 2.24) is 5.32 Å². The van der Waals surface area contributed by atoms with Crippen LogP contribution in [0.4, 0.5) is 0 Å². The Kier molecular flexibility index (Phi) is 6.36. The van der Waals surface area contributed by atoms with Gasteiger partial charge in [0.15, 0.2) is 0 Å². The van der Waals surface area contributed by atoms with Crippen molar-refractivity contribution in [2.24, 2.45) is 0 Å². The van der Waals surface area contributed by atoms with E-state index in [2.05, 4.69) is 12.2 Å². The molecule has 1 rings (SSSR count). The molecule has 1 aliphatic rings. The second-order valence-electron chi connectivity index (χ2n) is 4.04. The molecule has 1 amide bonds. The van der Waals surface area contributed by atoms with Crippen LogP contribution in [0, 0.1) is 0 Å². The van der Waals surface area contributed by atoms with Crippen LogP contribution in [0.5, 0.6) is 0 Å². The van der Waals surface area contributed by atoms with E-state index < -0.39 is 12.6 Å². The van der Waals surface area contributed by atoms with Crippen molar-refractivity contribution in [2.75, 3.05) is 19.0 Å². The number of carbonyl (C=O) groups excluding carboxylic acids is 1. The molecule has 5 nitrogen and oxygen atoms in total. The molecule has 0 bridgehead atoms. The van der Waals surface area contributed by atoms with Crippen LogP contribution in [0.3, 0.4) is 0 Å². The summed E-state index contributed by atoms with van der Waals surface area (Å²) in [4.78, 5) is 21.6. The molecule has 0 aromatic heterocycles. The highest BCUT2D eigenvalue weighted by Crippen LogP contribution is 2.29. The average molecular weight is 261 g/mol. The topological polar surface area (TPSA) is 75.6 Å². The van der Waals surface area contributed by atoms with Crippen LogP contribution in [0.25, 0.3) is 0 Å². The standard InChI is InChI=1S/C11H19NO4S/c1-2-17-9-4-3-8(5-9)12-10(13)6-16-7-11(14)15/h8-9H,2-7H2,1H3,(H,12,13)(H,14,15). The molecule has 2 N–H and O–H groups in total. The predicted octanol–water partition coefficient (Wildman–Crippen LogP) is 0.878. The van der Waals surface area contributed by atoms with E-state index in [0.717, 1.165) is 25.0 Å². The third-order valence-electron chi connectivity index (χ3n) is 2.61. The number of carboxylic acids is 1. The van der Waals surface area contributed by atoms with Crippen LogP contribution in [0.2, 0.25) is 0 Å². The summed E-state index contributed by atoms with van der Waals surface area (Å²) in [6, 6.07) is 0.222. The van der Waals surface area contributed by atoms with Gasteiger partial charge in [0.25, 0.3) is 0 Å². The minimum absolute atomic E-state index is 0.172. The maximum absolute atomic E-state index is 11.4. The molecule has 17 heavy (non-hydrogen) atoms. The molecule has 1 saturated carbocycles. The van der Waals surface area contributed by atoms with Crippen molar-refractivity contribution in [3.8, 4) is 0 Å². The van der Waals surface area contributed by atoms with Crippen molar-refractivity contribution in [3.63, 3.8) is 0 Å². The summed E-state index contributed by atoms with van der Waals surface area (Å²) in [5.41, 5.74) is 0. The van der Waals surface area contributed by atoms with E-state index in [9.17, 15) is 9.59 Å². The summed E-state index contributed by atoms with van der Waals surface area (Å²) < 4.78 is 4.72. The Morgan fingerprint density at radius 1 is 1.41 bits per heavy atom. The number of carbonyl (C=O) groups is 2. The number of rotatable bonds is 7. The van der Waals surface area contributed by atoms with Gasteiger partial charge in [0, 0.05) is 11.3 Å². The summed E-state index contributed by atoms with van der Waals surface area (Å²) >= 11 is 1.93. The summed E-state index contributed by atoms with van der Waals surface area (Å²) in [6.45, 7) is 1.54. The first-order chi connectivity index (χ1) is 8.11. The minimum Gasteiger partial charge on any atom is -0.480 e. The summed E-state index contributed by atoms with van der Waals surface area (Å²) in [6.07, 6.45) is 3.14. The lowest BCUT2D eigenvalue weighted by molar-refractivity contribution is -0.143. The van der Waals surface area contributed by atoms with E-state index in [4.69, 9.17) is 9.84 Å². The van der Waals surface area contributed by atoms with Gasteiger partial charge in [-0.15, -0.1) is 0 Å². The van der Waals surface area contributed by atoms with Crippen LogP contribution >= 0.6 is 11.8 Å². The fourth-order valence-corrected chi connectivity index (χ4v) is 3.10. The lowest BCUT2D eigenvalue weighted by Gasteiger charge is -2.12. The lowest BCUT2D eigenvalue weighted by atomic mass is 10.2. The molecule has 0 aromatic carbocycles. The zero-order valence-electron chi connectivity index (χ0n) is 9.98. The quantitative estimate of drug-likeness (QED) is 0.711. The lowest BCUT2D eigenvalue weighted by Crippen LogP contribution is -2.36. The van der Waals surface area contributed by atoms with Crippen molar-refractivity contribution >= 4 is 23.6 Å². The molecular formula is C11H19NO4S. The number of hydrogen-bond donors (Lipinski definition) is 2. The Labute approximate surface area is 105 Å². The van der Waals surface area contributed by atoms with Crippen molar-refractivity contribution in [3.05, 3.63) is 0 Å². The van der Waals surface area contributed by atoms with Gasteiger partial charge in [-0.3, -0.25) is 4.79 Å². The zero-order valence-corrected chi connectivity index (χ0v) is 10.8. The largest absolute Gasteiger partial charge is 0.480 e. The molecule has 0 saturated heterocycles. The molecule has 2 atom stereocenters. The predicted molar refractivity (Wildman–Crippen MR) is 66.2 cm³/mol. The number of amides is 1. The average Bonchev–Trinajstić information content (AvgIpc) is 2.65. The molecule has 0 aromatic rings. The summed E-state index contributed by atoms with van der Waals surface area (Å²) in [7, 11) is 0. The first-order valence-electron chi connectivity index (χ1n) is 5.82. The zero-order chi connectivity index (χ0) is 12.7. The molecule has 0 radical (unpaired) electrons. The van der Waals surface area contributed by atoms with Gasteiger partial charge >= 0.3 is 5.97 Å². The van der Waals surface area contributed by atoms with E-state index in [-0.39, 0.29) is 18.6 Å². The fourth-order valence-electron chi connectivity index (χ4n) is 1.96. The minimum atomic E-state index is -1.06. The highest BCUT2D eigenvalue weighted by Gasteiger charge is 2.25. The molecule has 0 spiro atoms. The third-order valence-corrected chi connectivity index (χ3v) is 3.84. The molecule has 0 aliphatic heterocycles. The molecule has 2 unspecified atom stereocenters.